The molecule has 0 bridgehead atoms. The lowest BCUT2D eigenvalue weighted by Gasteiger charge is -2.16. The van der Waals surface area contributed by atoms with Gasteiger partial charge in [0.2, 0.25) is 0 Å². The van der Waals surface area contributed by atoms with Gasteiger partial charge in [-0.05, 0) is 17.7 Å². The molecule has 4 rings (SSSR count). The first kappa shape index (κ1) is 9.92. The van der Waals surface area contributed by atoms with Gasteiger partial charge in [-0.1, -0.05) is 35.9 Å². The second-order valence-electron chi connectivity index (χ2n) is 4.42. The monoisotopic (exact) mass is 253 g/mol. The van der Waals surface area contributed by atoms with E-state index in [0.717, 1.165) is 27.6 Å². The van der Waals surface area contributed by atoms with E-state index in [2.05, 4.69) is 4.98 Å². The Balaban J connectivity index is 2.28. The Hall–Kier alpha value is -2.06. The summed E-state index contributed by atoms with van der Waals surface area (Å²) in [5, 5.41) is 1.45. The maximum atomic E-state index is 12.5. The van der Waals surface area contributed by atoms with Gasteiger partial charge >= 0.3 is 0 Å². The number of hydrogen-bond acceptors (Lipinski definition) is 1. The number of H-pyrrole nitrogens is 1. The van der Waals surface area contributed by atoms with Gasteiger partial charge in [0.15, 0.2) is 5.78 Å². The van der Waals surface area contributed by atoms with E-state index in [0.29, 0.717) is 10.6 Å². The molecule has 0 atom stereocenters. The van der Waals surface area contributed by atoms with Crippen LogP contribution in [-0.2, 0) is 0 Å². The minimum Gasteiger partial charge on any atom is -0.361 e. The number of nitrogens with one attached hydrogen (secondary N) is 1. The molecule has 0 spiro atoms. The first-order chi connectivity index (χ1) is 8.77. The highest BCUT2D eigenvalue weighted by molar-refractivity contribution is 6.39. The van der Waals surface area contributed by atoms with Crippen LogP contribution in [0.25, 0.3) is 22.0 Å². The molecule has 1 aliphatic rings. The van der Waals surface area contributed by atoms with E-state index >= 15 is 0 Å². The summed E-state index contributed by atoms with van der Waals surface area (Å²) in [6, 6.07) is 11.3. The lowest BCUT2D eigenvalue weighted by Crippen LogP contribution is -2.09. The van der Waals surface area contributed by atoms with Crippen molar-refractivity contribution in [2.45, 2.75) is 0 Å². The van der Waals surface area contributed by atoms with Crippen molar-refractivity contribution in [2.75, 3.05) is 0 Å². The number of fused-ring (bicyclic) bond motifs is 2. The van der Waals surface area contributed by atoms with Gasteiger partial charge in [0.05, 0.1) is 10.6 Å². The maximum Gasteiger partial charge on any atom is 0.195 e. The summed E-state index contributed by atoms with van der Waals surface area (Å²) in [6.07, 6.45) is 1.94. The maximum absolute atomic E-state index is 12.5. The highest BCUT2D eigenvalue weighted by Gasteiger charge is 2.27. The second-order valence-corrected chi connectivity index (χ2v) is 4.83. The van der Waals surface area contributed by atoms with Gasteiger partial charge in [-0.2, -0.15) is 0 Å². The Morgan fingerprint density at radius 3 is 2.56 bits per heavy atom. The number of benzene rings is 2. The molecule has 0 fully saturated rings. The first-order valence-electron chi connectivity index (χ1n) is 5.71. The number of ketones is 1. The summed E-state index contributed by atoms with van der Waals surface area (Å²) in [5.41, 5.74) is 4.32. The average Bonchev–Trinajstić information content (AvgIpc) is 2.82. The van der Waals surface area contributed by atoms with Crippen LogP contribution in [0.3, 0.4) is 0 Å². The van der Waals surface area contributed by atoms with Crippen molar-refractivity contribution in [3.05, 3.63) is 58.7 Å². The van der Waals surface area contributed by atoms with E-state index in [4.69, 9.17) is 11.6 Å². The molecule has 1 aromatic heterocycles. The molecular formula is C15H8ClNO. The summed E-state index contributed by atoms with van der Waals surface area (Å²) < 4.78 is 0. The van der Waals surface area contributed by atoms with E-state index in [1.807, 2.05) is 36.5 Å². The number of hydrogen-bond donors (Lipinski definition) is 1. The topological polar surface area (TPSA) is 32.9 Å². The van der Waals surface area contributed by atoms with E-state index in [1.54, 1.807) is 6.07 Å². The zero-order chi connectivity index (χ0) is 12.3. The van der Waals surface area contributed by atoms with E-state index in [9.17, 15) is 4.79 Å². The van der Waals surface area contributed by atoms with Crippen LogP contribution in [0.5, 0.6) is 0 Å². The van der Waals surface area contributed by atoms with Crippen LogP contribution in [0.1, 0.15) is 15.9 Å². The van der Waals surface area contributed by atoms with Gasteiger partial charge in [-0.25, -0.2) is 0 Å². The number of carbonyl (C=O) groups is 1. The molecule has 3 heteroatoms. The zero-order valence-electron chi connectivity index (χ0n) is 9.33. The zero-order valence-corrected chi connectivity index (χ0v) is 10.1. The van der Waals surface area contributed by atoms with Crippen LogP contribution >= 0.6 is 11.6 Å². The first-order valence-corrected chi connectivity index (χ1v) is 6.09. The lowest BCUT2D eigenvalue weighted by atomic mass is 9.86. The fourth-order valence-corrected chi connectivity index (χ4v) is 2.93. The van der Waals surface area contributed by atoms with E-state index < -0.39 is 0 Å². The molecule has 0 aliphatic heterocycles. The SMILES string of the molecule is O=C1c2ccccc2-c2c[nH]c3ccc(Cl)c1c23. The van der Waals surface area contributed by atoms with Crippen LogP contribution in [0.2, 0.25) is 5.02 Å². The predicted octanol–water partition coefficient (Wildman–Crippen LogP) is 4.03. The van der Waals surface area contributed by atoms with Crippen LogP contribution in [0.15, 0.2) is 42.6 Å². The largest absolute Gasteiger partial charge is 0.361 e. The van der Waals surface area contributed by atoms with Crippen molar-refractivity contribution in [3.63, 3.8) is 0 Å². The quantitative estimate of drug-likeness (QED) is 0.504. The van der Waals surface area contributed by atoms with Crippen LogP contribution in [0.4, 0.5) is 0 Å². The fourth-order valence-electron chi connectivity index (χ4n) is 2.68. The van der Waals surface area contributed by atoms with Crippen molar-refractivity contribution < 1.29 is 4.79 Å². The van der Waals surface area contributed by atoms with Gasteiger partial charge in [0.1, 0.15) is 0 Å². The van der Waals surface area contributed by atoms with Gasteiger partial charge in [0, 0.05) is 28.2 Å². The summed E-state index contributed by atoms with van der Waals surface area (Å²) >= 11 is 6.19. The molecule has 0 unspecified atom stereocenters. The molecule has 18 heavy (non-hydrogen) atoms. The van der Waals surface area contributed by atoms with Crippen molar-refractivity contribution in [2.24, 2.45) is 0 Å². The van der Waals surface area contributed by atoms with Gasteiger partial charge in [-0.15, -0.1) is 0 Å². The molecule has 0 saturated carbocycles. The summed E-state index contributed by atoms with van der Waals surface area (Å²) in [4.78, 5) is 15.7. The Morgan fingerprint density at radius 2 is 1.72 bits per heavy atom. The third kappa shape index (κ3) is 1.06. The predicted molar refractivity (Wildman–Crippen MR) is 72.2 cm³/mol. The molecular weight excluding hydrogens is 246 g/mol. The minimum atomic E-state index is 0.00769. The molecule has 0 amide bonds. The molecule has 1 heterocycles. The lowest BCUT2D eigenvalue weighted by molar-refractivity contribution is 0.104. The van der Waals surface area contributed by atoms with Crippen LogP contribution in [-0.4, -0.2) is 10.8 Å². The third-order valence-electron chi connectivity index (χ3n) is 3.48. The number of aromatic nitrogens is 1. The molecule has 1 aliphatic carbocycles. The van der Waals surface area contributed by atoms with Crippen molar-refractivity contribution >= 4 is 28.3 Å². The Morgan fingerprint density at radius 1 is 0.944 bits per heavy atom. The minimum absolute atomic E-state index is 0.00769. The van der Waals surface area contributed by atoms with Gasteiger partial charge in [-0.3, -0.25) is 4.79 Å². The normalized spacial score (nSPS) is 12.8. The number of halogens is 1. The molecule has 0 saturated heterocycles. The van der Waals surface area contributed by atoms with Crippen LogP contribution in [0, 0.1) is 0 Å². The molecule has 1 N–H and O–H groups in total. The highest BCUT2D eigenvalue weighted by Crippen LogP contribution is 2.41. The fraction of sp³-hybridized carbons (Fsp3) is 0. The second kappa shape index (κ2) is 3.24. The highest BCUT2D eigenvalue weighted by atomic mass is 35.5. The number of carbonyl (C=O) groups excluding carboxylic acids is 1. The number of aromatic amines is 1. The van der Waals surface area contributed by atoms with E-state index in [-0.39, 0.29) is 5.78 Å². The van der Waals surface area contributed by atoms with E-state index in [1.165, 1.54) is 0 Å². The Labute approximate surface area is 108 Å². The number of rotatable bonds is 0. The molecule has 86 valence electrons. The average molecular weight is 254 g/mol. The smallest absolute Gasteiger partial charge is 0.195 e. The van der Waals surface area contributed by atoms with Gasteiger partial charge < -0.3 is 4.98 Å². The van der Waals surface area contributed by atoms with Crippen molar-refractivity contribution in [3.8, 4) is 11.1 Å². The summed E-state index contributed by atoms with van der Waals surface area (Å²) in [6.45, 7) is 0. The Bertz CT molecular complexity index is 816. The summed E-state index contributed by atoms with van der Waals surface area (Å²) in [5.74, 6) is 0.00769. The van der Waals surface area contributed by atoms with Gasteiger partial charge in [0.25, 0.3) is 0 Å². The van der Waals surface area contributed by atoms with Crippen LogP contribution < -0.4 is 0 Å². The molecule has 3 aromatic rings. The molecule has 2 aromatic carbocycles. The third-order valence-corrected chi connectivity index (χ3v) is 3.80. The standard InChI is InChI=1S/C15H8ClNO/c16-11-5-6-12-13-10(7-17-12)8-3-1-2-4-9(8)15(18)14(11)13/h1-7,17H. The molecule has 2 nitrogen and oxygen atoms in total. The summed E-state index contributed by atoms with van der Waals surface area (Å²) in [7, 11) is 0. The molecule has 0 radical (unpaired) electrons. The Kier molecular flexibility index (Phi) is 1.78. The van der Waals surface area contributed by atoms with Crippen molar-refractivity contribution in [1.29, 1.82) is 0 Å². The van der Waals surface area contributed by atoms with Crippen molar-refractivity contribution in [1.82, 2.24) is 4.98 Å².